The Kier molecular flexibility index (Phi) is 7.39. The molecule has 1 aromatic heterocycles. The van der Waals surface area contributed by atoms with Gasteiger partial charge >= 0.3 is 0 Å². The van der Waals surface area contributed by atoms with Gasteiger partial charge in [0.15, 0.2) is 11.5 Å². The molecule has 0 bridgehead atoms. The number of thioether (sulfide) groups is 1. The fourth-order valence-corrected chi connectivity index (χ4v) is 5.60. The van der Waals surface area contributed by atoms with Crippen molar-refractivity contribution in [1.82, 2.24) is 9.78 Å². The minimum Gasteiger partial charge on any atom is -0.493 e. The quantitative estimate of drug-likeness (QED) is 0.432. The van der Waals surface area contributed by atoms with Crippen LogP contribution in [0.5, 0.6) is 17.2 Å². The Hall–Kier alpha value is -3.38. The molecule has 0 fully saturated rings. The first kappa shape index (κ1) is 24.3. The van der Waals surface area contributed by atoms with Gasteiger partial charge in [-0.3, -0.25) is 4.79 Å². The topological polar surface area (TPSA) is 135 Å². The number of methoxy groups -OCH3 is 3. The molecule has 3 aromatic rings. The number of nitrogens with one attached hydrogen (secondary N) is 1. The van der Waals surface area contributed by atoms with Gasteiger partial charge in [0.05, 0.1) is 26.2 Å². The van der Waals surface area contributed by atoms with Crippen LogP contribution >= 0.6 is 11.8 Å². The van der Waals surface area contributed by atoms with Gasteiger partial charge in [0, 0.05) is 17.8 Å². The van der Waals surface area contributed by atoms with Crippen LogP contribution < -0.4 is 25.3 Å². The summed E-state index contributed by atoms with van der Waals surface area (Å²) in [6.07, 6.45) is 1.69. The Bertz CT molecular complexity index is 1230. The van der Waals surface area contributed by atoms with Crippen molar-refractivity contribution in [3.8, 4) is 17.2 Å². The van der Waals surface area contributed by atoms with Crippen molar-refractivity contribution in [2.24, 2.45) is 0 Å². The molecule has 0 atom stereocenters. The van der Waals surface area contributed by atoms with Crippen molar-refractivity contribution in [3.63, 3.8) is 0 Å². The van der Waals surface area contributed by atoms with Crippen LogP contribution in [0.15, 0.2) is 57.3 Å². The number of nitrogens with two attached hydrogens (primary N) is 1. The van der Waals surface area contributed by atoms with Crippen molar-refractivity contribution in [3.05, 3.63) is 42.5 Å². The maximum Gasteiger partial charge on any atom is 0.246 e. The Balaban J connectivity index is 1.90. The van der Waals surface area contributed by atoms with Gasteiger partial charge in [-0.2, -0.15) is 5.10 Å². The average Bonchev–Trinajstić information content (AvgIpc) is 3.14. The van der Waals surface area contributed by atoms with Gasteiger partial charge in [0.1, 0.15) is 22.3 Å². The molecular formula is C21H24N4O6S2. The zero-order chi connectivity index (χ0) is 24.2. The first-order valence-corrected chi connectivity index (χ1v) is 12.3. The van der Waals surface area contributed by atoms with E-state index in [0.717, 1.165) is 16.4 Å². The number of sulfone groups is 1. The van der Waals surface area contributed by atoms with E-state index in [2.05, 4.69) is 10.4 Å². The maximum absolute atomic E-state index is 13.1. The highest BCUT2D eigenvalue weighted by Gasteiger charge is 2.29. The smallest absolute Gasteiger partial charge is 0.246 e. The SMILES string of the molecule is COc1cc(NC(=O)Cn2nc(SC)c(S(=O)(=O)c3ccccc3)c2N)cc(OC)c1OC. The molecule has 1 amide bonds. The number of hydrogen-bond donors (Lipinski definition) is 2. The fraction of sp³-hybridized carbons (Fsp3) is 0.238. The Morgan fingerprint density at radius 3 is 2.21 bits per heavy atom. The van der Waals surface area contributed by atoms with E-state index >= 15 is 0 Å². The normalized spacial score (nSPS) is 11.2. The monoisotopic (exact) mass is 492 g/mol. The number of hydrogen-bond acceptors (Lipinski definition) is 9. The van der Waals surface area contributed by atoms with Crippen LogP contribution in [0.3, 0.4) is 0 Å². The van der Waals surface area contributed by atoms with E-state index < -0.39 is 15.7 Å². The summed E-state index contributed by atoms with van der Waals surface area (Å²) in [6, 6.07) is 11.1. The molecule has 10 nitrogen and oxygen atoms in total. The largest absolute Gasteiger partial charge is 0.493 e. The Morgan fingerprint density at radius 2 is 1.70 bits per heavy atom. The molecule has 0 aliphatic heterocycles. The summed E-state index contributed by atoms with van der Waals surface area (Å²) in [7, 11) is 0.484. The molecule has 0 saturated heterocycles. The summed E-state index contributed by atoms with van der Waals surface area (Å²) >= 11 is 1.13. The van der Waals surface area contributed by atoms with Crippen molar-refractivity contribution < 1.29 is 27.4 Å². The highest BCUT2D eigenvalue weighted by atomic mass is 32.2. The summed E-state index contributed by atoms with van der Waals surface area (Å²) in [5.74, 6) is 0.519. The number of carbonyl (C=O) groups is 1. The molecule has 0 unspecified atom stereocenters. The molecule has 0 aliphatic carbocycles. The van der Waals surface area contributed by atoms with Crippen LogP contribution in [0.1, 0.15) is 0 Å². The lowest BCUT2D eigenvalue weighted by Crippen LogP contribution is -2.21. The predicted octanol–water partition coefficient (Wildman–Crippen LogP) is 2.68. The molecule has 12 heteroatoms. The number of aromatic nitrogens is 2. The third-order valence-corrected chi connectivity index (χ3v) is 7.31. The molecule has 0 aliphatic rings. The first-order valence-electron chi connectivity index (χ1n) is 9.57. The molecular weight excluding hydrogens is 468 g/mol. The molecule has 3 N–H and O–H groups in total. The Morgan fingerprint density at radius 1 is 1.09 bits per heavy atom. The first-order chi connectivity index (χ1) is 15.8. The molecule has 0 saturated carbocycles. The lowest BCUT2D eigenvalue weighted by atomic mass is 10.2. The van der Waals surface area contributed by atoms with Crippen LogP contribution in [0, 0.1) is 0 Å². The van der Waals surface area contributed by atoms with Crippen LogP contribution in [-0.2, 0) is 21.2 Å². The van der Waals surface area contributed by atoms with Gasteiger partial charge in [-0.15, -0.1) is 11.8 Å². The van der Waals surface area contributed by atoms with Crippen molar-refractivity contribution in [1.29, 1.82) is 0 Å². The number of benzene rings is 2. The van der Waals surface area contributed by atoms with Crippen LogP contribution in [0.25, 0.3) is 0 Å². The molecule has 176 valence electrons. The summed E-state index contributed by atoms with van der Waals surface area (Å²) in [6.45, 7) is -0.305. The summed E-state index contributed by atoms with van der Waals surface area (Å²) in [5, 5.41) is 7.16. The fourth-order valence-electron chi connectivity index (χ4n) is 3.15. The van der Waals surface area contributed by atoms with E-state index in [9.17, 15) is 13.2 Å². The van der Waals surface area contributed by atoms with Crippen molar-refractivity contribution in [2.75, 3.05) is 38.6 Å². The minimum atomic E-state index is -3.92. The second-order valence-corrected chi connectivity index (χ2v) is 9.34. The van der Waals surface area contributed by atoms with Gasteiger partial charge in [-0.25, -0.2) is 13.1 Å². The highest BCUT2D eigenvalue weighted by molar-refractivity contribution is 7.99. The second-order valence-electron chi connectivity index (χ2n) is 6.66. The molecule has 2 aromatic carbocycles. The standard InChI is InChI=1S/C21H24N4O6S2/c1-29-15-10-13(11-16(30-2)18(15)31-3)23-17(26)12-25-20(22)19(21(24-25)32-4)33(27,28)14-8-6-5-7-9-14/h5-11H,12,22H2,1-4H3,(H,23,26). The summed E-state index contributed by atoms with van der Waals surface area (Å²) < 4.78 is 43.3. The number of anilines is 2. The minimum absolute atomic E-state index is 0.0911. The van der Waals surface area contributed by atoms with E-state index in [1.807, 2.05) is 0 Å². The molecule has 0 spiro atoms. The van der Waals surface area contributed by atoms with Gasteiger partial charge in [-0.1, -0.05) is 18.2 Å². The second kappa shape index (κ2) is 10.0. The zero-order valence-electron chi connectivity index (χ0n) is 18.5. The van der Waals surface area contributed by atoms with Gasteiger partial charge < -0.3 is 25.3 Å². The molecule has 1 heterocycles. The van der Waals surface area contributed by atoms with Gasteiger partial charge in [-0.05, 0) is 18.4 Å². The Labute approximate surface area is 195 Å². The number of nitrogen functional groups attached to an aromatic ring is 1. The van der Waals surface area contributed by atoms with Crippen molar-refractivity contribution in [2.45, 2.75) is 21.4 Å². The van der Waals surface area contributed by atoms with E-state index in [-0.39, 0.29) is 27.2 Å². The predicted molar refractivity (Wildman–Crippen MR) is 125 cm³/mol. The number of ether oxygens (including phenoxy) is 3. The lowest BCUT2D eigenvalue weighted by Gasteiger charge is -2.14. The molecule has 0 radical (unpaired) electrons. The van der Waals surface area contributed by atoms with E-state index in [1.165, 1.54) is 33.5 Å². The number of rotatable bonds is 9. The average molecular weight is 493 g/mol. The third-order valence-electron chi connectivity index (χ3n) is 4.67. The number of nitrogens with zero attached hydrogens (tertiary/aromatic N) is 2. The highest BCUT2D eigenvalue weighted by Crippen LogP contribution is 2.40. The third kappa shape index (κ3) is 4.86. The van der Waals surface area contributed by atoms with E-state index in [1.54, 1.807) is 36.6 Å². The van der Waals surface area contributed by atoms with E-state index in [4.69, 9.17) is 19.9 Å². The van der Waals surface area contributed by atoms with Crippen molar-refractivity contribution >= 4 is 39.0 Å². The maximum atomic E-state index is 13.1. The van der Waals surface area contributed by atoms with E-state index in [0.29, 0.717) is 22.9 Å². The molecule has 33 heavy (non-hydrogen) atoms. The number of carbonyl (C=O) groups excluding carboxylic acids is 1. The number of amides is 1. The molecule has 3 rings (SSSR count). The van der Waals surface area contributed by atoms with Gasteiger partial charge in [0.2, 0.25) is 21.5 Å². The summed E-state index contributed by atoms with van der Waals surface area (Å²) in [5.41, 5.74) is 6.54. The van der Waals surface area contributed by atoms with Crippen LogP contribution in [-0.4, -0.2) is 51.7 Å². The van der Waals surface area contributed by atoms with Crippen LogP contribution in [0.4, 0.5) is 11.5 Å². The zero-order valence-corrected chi connectivity index (χ0v) is 20.1. The lowest BCUT2D eigenvalue weighted by molar-refractivity contribution is -0.116. The van der Waals surface area contributed by atoms with Gasteiger partial charge in [0.25, 0.3) is 0 Å². The summed E-state index contributed by atoms with van der Waals surface area (Å²) in [4.78, 5) is 12.7. The van der Waals surface area contributed by atoms with Crippen LogP contribution in [0.2, 0.25) is 0 Å².